The van der Waals surface area contributed by atoms with Gasteiger partial charge < -0.3 is 10.2 Å². The molecule has 0 saturated carbocycles. The van der Waals surface area contributed by atoms with Crippen molar-refractivity contribution in [2.75, 3.05) is 27.2 Å². The van der Waals surface area contributed by atoms with Crippen molar-refractivity contribution in [1.82, 2.24) is 14.9 Å². The standard InChI is InChI=1S/C19H24FN3O3S/c1-23(2)13-3-12-21-19(24)16-6-10-18(11-7-16)27(25,26)22-14-15-4-8-17(20)9-5-15/h4-11,22H,3,12-14H2,1-2H3,(H,21,24). The zero-order valence-electron chi connectivity index (χ0n) is 15.4. The molecule has 0 aliphatic rings. The SMILES string of the molecule is CN(C)CCCNC(=O)c1ccc(S(=O)(=O)NCc2ccc(F)cc2)cc1. The highest BCUT2D eigenvalue weighted by Crippen LogP contribution is 2.12. The second-order valence-electron chi connectivity index (χ2n) is 6.39. The van der Waals surface area contributed by atoms with Gasteiger partial charge >= 0.3 is 0 Å². The van der Waals surface area contributed by atoms with Crippen LogP contribution in [-0.4, -0.2) is 46.4 Å². The summed E-state index contributed by atoms with van der Waals surface area (Å²) in [5, 5.41) is 2.80. The van der Waals surface area contributed by atoms with E-state index in [2.05, 4.69) is 10.0 Å². The Morgan fingerprint density at radius 2 is 1.67 bits per heavy atom. The van der Waals surface area contributed by atoms with Gasteiger partial charge in [-0.25, -0.2) is 17.5 Å². The maximum Gasteiger partial charge on any atom is 0.251 e. The molecular weight excluding hydrogens is 369 g/mol. The summed E-state index contributed by atoms with van der Waals surface area (Å²) in [5.74, 6) is -0.617. The minimum atomic E-state index is -3.72. The lowest BCUT2D eigenvalue weighted by Crippen LogP contribution is -2.27. The van der Waals surface area contributed by atoms with Gasteiger partial charge in [0.25, 0.3) is 5.91 Å². The molecule has 0 bridgehead atoms. The van der Waals surface area contributed by atoms with Gasteiger partial charge in [-0.3, -0.25) is 4.79 Å². The summed E-state index contributed by atoms with van der Waals surface area (Å²) >= 11 is 0. The van der Waals surface area contributed by atoms with Crippen LogP contribution in [0.4, 0.5) is 4.39 Å². The number of amides is 1. The van der Waals surface area contributed by atoms with Crippen LogP contribution in [0.1, 0.15) is 22.3 Å². The third kappa shape index (κ3) is 6.74. The zero-order chi connectivity index (χ0) is 19.9. The minimum Gasteiger partial charge on any atom is -0.352 e. The van der Waals surface area contributed by atoms with E-state index in [1.54, 1.807) is 0 Å². The average molecular weight is 393 g/mol. The molecule has 0 aliphatic carbocycles. The summed E-state index contributed by atoms with van der Waals surface area (Å²) < 4.78 is 40.0. The monoisotopic (exact) mass is 393 g/mol. The van der Waals surface area contributed by atoms with Crippen LogP contribution in [0.25, 0.3) is 0 Å². The van der Waals surface area contributed by atoms with Crippen molar-refractivity contribution in [2.24, 2.45) is 0 Å². The molecule has 8 heteroatoms. The lowest BCUT2D eigenvalue weighted by molar-refractivity contribution is 0.0952. The number of hydrogen-bond donors (Lipinski definition) is 2. The van der Waals surface area contributed by atoms with Crippen molar-refractivity contribution >= 4 is 15.9 Å². The van der Waals surface area contributed by atoms with Crippen molar-refractivity contribution < 1.29 is 17.6 Å². The molecule has 0 atom stereocenters. The first-order chi connectivity index (χ1) is 12.8. The summed E-state index contributed by atoms with van der Waals surface area (Å²) in [6.45, 7) is 1.48. The number of halogens is 1. The molecule has 0 aromatic heterocycles. The highest BCUT2D eigenvalue weighted by atomic mass is 32.2. The summed E-state index contributed by atoms with van der Waals surface area (Å²) in [7, 11) is 0.204. The molecule has 0 saturated heterocycles. The average Bonchev–Trinajstić information content (AvgIpc) is 2.64. The van der Waals surface area contributed by atoms with E-state index in [1.807, 2.05) is 19.0 Å². The molecule has 2 aromatic rings. The van der Waals surface area contributed by atoms with E-state index in [-0.39, 0.29) is 23.2 Å². The molecule has 0 unspecified atom stereocenters. The van der Waals surface area contributed by atoms with Gasteiger partial charge in [0.2, 0.25) is 10.0 Å². The smallest absolute Gasteiger partial charge is 0.251 e. The summed E-state index contributed by atoms with van der Waals surface area (Å²) in [6, 6.07) is 11.3. The second kappa shape index (κ2) is 9.59. The molecule has 1 amide bonds. The molecular formula is C19H24FN3O3S. The normalized spacial score (nSPS) is 11.6. The molecule has 0 spiro atoms. The van der Waals surface area contributed by atoms with Crippen LogP contribution in [0.15, 0.2) is 53.4 Å². The van der Waals surface area contributed by atoms with Crippen molar-refractivity contribution in [3.63, 3.8) is 0 Å². The molecule has 0 fully saturated rings. The Labute approximate surface area is 159 Å². The van der Waals surface area contributed by atoms with Crippen LogP contribution in [0.5, 0.6) is 0 Å². The molecule has 0 radical (unpaired) electrons. The fourth-order valence-electron chi connectivity index (χ4n) is 2.35. The predicted octanol–water partition coefficient (Wildman–Crippen LogP) is 1.99. The first-order valence-corrected chi connectivity index (χ1v) is 10.0. The molecule has 0 aliphatic heterocycles. The lowest BCUT2D eigenvalue weighted by atomic mass is 10.2. The van der Waals surface area contributed by atoms with Crippen LogP contribution in [0, 0.1) is 5.82 Å². The number of carbonyl (C=O) groups is 1. The molecule has 6 nitrogen and oxygen atoms in total. The molecule has 2 aromatic carbocycles. The van der Waals surface area contributed by atoms with Gasteiger partial charge in [-0.2, -0.15) is 0 Å². The fourth-order valence-corrected chi connectivity index (χ4v) is 3.37. The molecule has 2 rings (SSSR count). The predicted molar refractivity (Wildman–Crippen MR) is 102 cm³/mol. The quantitative estimate of drug-likeness (QED) is 0.639. The van der Waals surface area contributed by atoms with Gasteiger partial charge in [0.15, 0.2) is 0 Å². The van der Waals surface area contributed by atoms with Gasteiger partial charge in [-0.1, -0.05) is 12.1 Å². The number of hydrogen-bond acceptors (Lipinski definition) is 4. The van der Waals surface area contributed by atoms with Crippen molar-refractivity contribution in [3.05, 3.63) is 65.5 Å². The Morgan fingerprint density at radius 1 is 1.04 bits per heavy atom. The lowest BCUT2D eigenvalue weighted by Gasteiger charge is -2.10. The van der Waals surface area contributed by atoms with Crippen LogP contribution in [-0.2, 0) is 16.6 Å². The van der Waals surface area contributed by atoms with Crippen LogP contribution in [0.3, 0.4) is 0 Å². The first-order valence-electron chi connectivity index (χ1n) is 8.55. The van der Waals surface area contributed by atoms with E-state index in [0.29, 0.717) is 17.7 Å². The zero-order valence-corrected chi connectivity index (χ0v) is 16.2. The van der Waals surface area contributed by atoms with Crippen molar-refractivity contribution in [1.29, 1.82) is 0 Å². The van der Waals surface area contributed by atoms with Crippen molar-refractivity contribution in [3.8, 4) is 0 Å². The van der Waals surface area contributed by atoms with E-state index >= 15 is 0 Å². The van der Waals surface area contributed by atoms with Gasteiger partial charge in [0, 0.05) is 18.7 Å². The molecule has 27 heavy (non-hydrogen) atoms. The summed E-state index contributed by atoms with van der Waals surface area (Å²) in [4.78, 5) is 14.2. The third-order valence-electron chi connectivity index (χ3n) is 3.87. The first kappa shape index (κ1) is 21.0. The van der Waals surface area contributed by atoms with E-state index in [9.17, 15) is 17.6 Å². The van der Waals surface area contributed by atoms with E-state index in [0.717, 1.165) is 13.0 Å². The summed E-state index contributed by atoms with van der Waals surface area (Å²) in [6.07, 6.45) is 0.832. The maximum absolute atomic E-state index is 12.9. The number of nitrogens with one attached hydrogen (secondary N) is 2. The Balaban J connectivity index is 1.92. The van der Waals surface area contributed by atoms with E-state index in [1.165, 1.54) is 48.5 Å². The minimum absolute atomic E-state index is 0.0523. The topological polar surface area (TPSA) is 78.5 Å². The highest BCUT2D eigenvalue weighted by molar-refractivity contribution is 7.89. The van der Waals surface area contributed by atoms with E-state index < -0.39 is 10.0 Å². The molecule has 2 N–H and O–H groups in total. The van der Waals surface area contributed by atoms with Gasteiger partial charge in [0.05, 0.1) is 4.90 Å². The fraction of sp³-hybridized carbons (Fsp3) is 0.316. The largest absolute Gasteiger partial charge is 0.352 e. The van der Waals surface area contributed by atoms with Crippen molar-refractivity contribution in [2.45, 2.75) is 17.9 Å². The van der Waals surface area contributed by atoms with E-state index in [4.69, 9.17) is 0 Å². The van der Waals surface area contributed by atoms with Crippen LogP contribution in [0.2, 0.25) is 0 Å². The Morgan fingerprint density at radius 3 is 2.26 bits per heavy atom. The van der Waals surface area contributed by atoms with Crippen LogP contribution < -0.4 is 10.0 Å². The third-order valence-corrected chi connectivity index (χ3v) is 5.29. The number of carbonyl (C=O) groups excluding carboxylic acids is 1. The Bertz CT molecular complexity index is 851. The highest BCUT2D eigenvalue weighted by Gasteiger charge is 2.15. The number of sulfonamides is 1. The number of rotatable bonds is 9. The second-order valence-corrected chi connectivity index (χ2v) is 8.16. The number of nitrogens with zero attached hydrogens (tertiary/aromatic N) is 1. The Kier molecular flexibility index (Phi) is 7.46. The maximum atomic E-state index is 12.9. The van der Waals surface area contributed by atoms with Gasteiger partial charge in [-0.05, 0) is 69.0 Å². The van der Waals surface area contributed by atoms with Gasteiger partial charge in [0.1, 0.15) is 5.82 Å². The Hall–Kier alpha value is -2.29. The number of benzene rings is 2. The molecule has 146 valence electrons. The van der Waals surface area contributed by atoms with Crippen LogP contribution >= 0.6 is 0 Å². The molecule has 0 heterocycles. The summed E-state index contributed by atoms with van der Waals surface area (Å²) in [5.41, 5.74) is 1.05. The van der Waals surface area contributed by atoms with Gasteiger partial charge in [-0.15, -0.1) is 0 Å².